The number of carbonyl (C=O) groups is 2. The number of carbonyl (C=O) groups excluding carboxylic acids is 2. The molecule has 2 saturated heterocycles. The molecule has 1 aromatic carbocycles. The van der Waals surface area contributed by atoms with E-state index in [2.05, 4.69) is 0 Å². The standard InChI is InChI=1S/C21H27F3N2O2S/c1-19(2,3)14-17(27)25-10-8-20(9-11-25)26(12-13-29-20)18(28)15-4-6-16(7-5-15)21(22,23)24/h4-7H,8-14H2,1-3H3. The lowest BCUT2D eigenvalue weighted by Gasteiger charge is -2.44. The largest absolute Gasteiger partial charge is 0.416 e. The van der Waals surface area contributed by atoms with Gasteiger partial charge in [-0.1, -0.05) is 20.8 Å². The molecule has 1 aromatic rings. The topological polar surface area (TPSA) is 40.6 Å². The highest BCUT2D eigenvalue weighted by molar-refractivity contribution is 8.00. The molecular weight excluding hydrogens is 401 g/mol. The Hall–Kier alpha value is -1.70. The fraction of sp³-hybridized carbons (Fsp3) is 0.619. The van der Waals surface area contributed by atoms with Crippen LogP contribution in [0.5, 0.6) is 0 Å². The zero-order valence-electron chi connectivity index (χ0n) is 17.0. The summed E-state index contributed by atoms with van der Waals surface area (Å²) in [4.78, 5) is 28.8. The van der Waals surface area contributed by atoms with Crippen LogP contribution in [0.3, 0.4) is 0 Å². The number of hydrogen-bond donors (Lipinski definition) is 0. The number of benzene rings is 1. The van der Waals surface area contributed by atoms with Crippen LogP contribution in [0, 0.1) is 5.41 Å². The molecule has 0 saturated carbocycles. The lowest BCUT2D eigenvalue weighted by Crippen LogP contribution is -2.53. The molecule has 0 unspecified atom stereocenters. The molecule has 2 amide bonds. The molecule has 29 heavy (non-hydrogen) atoms. The first-order valence-corrected chi connectivity index (χ1v) is 10.8. The Morgan fingerprint density at radius 1 is 1.03 bits per heavy atom. The molecule has 160 valence electrons. The third-order valence-electron chi connectivity index (χ3n) is 5.46. The van der Waals surface area contributed by atoms with Gasteiger partial charge in [-0.2, -0.15) is 13.2 Å². The monoisotopic (exact) mass is 428 g/mol. The predicted octanol–water partition coefficient (Wildman–Crippen LogP) is 4.65. The third kappa shape index (κ3) is 4.90. The summed E-state index contributed by atoms with van der Waals surface area (Å²) in [5.41, 5.74) is -0.560. The Kier molecular flexibility index (Phi) is 5.96. The molecule has 3 rings (SSSR count). The molecule has 0 N–H and O–H groups in total. The number of likely N-dealkylation sites (tertiary alicyclic amines) is 1. The van der Waals surface area contributed by atoms with E-state index in [1.54, 1.807) is 16.7 Å². The highest BCUT2D eigenvalue weighted by Gasteiger charge is 2.47. The third-order valence-corrected chi connectivity index (χ3v) is 7.01. The molecule has 0 radical (unpaired) electrons. The number of hydrogen-bond acceptors (Lipinski definition) is 3. The maximum absolute atomic E-state index is 13.0. The maximum Gasteiger partial charge on any atom is 0.416 e. The van der Waals surface area contributed by atoms with E-state index in [4.69, 9.17) is 0 Å². The van der Waals surface area contributed by atoms with Crippen molar-refractivity contribution in [3.63, 3.8) is 0 Å². The van der Waals surface area contributed by atoms with E-state index >= 15 is 0 Å². The molecule has 0 atom stereocenters. The summed E-state index contributed by atoms with van der Waals surface area (Å²) in [7, 11) is 0. The van der Waals surface area contributed by atoms with Crippen LogP contribution in [0.15, 0.2) is 24.3 Å². The van der Waals surface area contributed by atoms with E-state index < -0.39 is 11.7 Å². The summed E-state index contributed by atoms with van der Waals surface area (Å²) >= 11 is 1.72. The van der Waals surface area contributed by atoms with Crippen LogP contribution in [-0.4, -0.2) is 51.9 Å². The number of halogens is 3. The predicted molar refractivity (Wildman–Crippen MR) is 108 cm³/mol. The van der Waals surface area contributed by atoms with E-state index in [-0.39, 0.29) is 27.7 Å². The Morgan fingerprint density at radius 3 is 2.14 bits per heavy atom. The summed E-state index contributed by atoms with van der Waals surface area (Å²) < 4.78 is 38.3. The highest BCUT2D eigenvalue weighted by Crippen LogP contribution is 2.45. The van der Waals surface area contributed by atoms with Crippen LogP contribution in [0.25, 0.3) is 0 Å². The van der Waals surface area contributed by atoms with Crippen molar-refractivity contribution in [2.24, 2.45) is 5.41 Å². The van der Waals surface area contributed by atoms with Gasteiger partial charge in [0.2, 0.25) is 5.91 Å². The Bertz CT molecular complexity index is 764. The molecule has 8 heteroatoms. The molecule has 0 aliphatic carbocycles. The van der Waals surface area contributed by atoms with Crippen molar-refractivity contribution in [1.29, 1.82) is 0 Å². The summed E-state index contributed by atoms with van der Waals surface area (Å²) in [6, 6.07) is 4.42. The minimum Gasteiger partial charge on any atom is -0.342 e. The molecular formula is C21H27F3N2O2S. The van der Waals surface area contributed by atoms with Gasteiger partial charge in [0, 0.05) is 37.4 Å². The summed E-state index contributed by atoms with van der Waals surface area (Å²) in [6.07, 6.45) is -2.57. The molecule has 2 heterocycles. The zero-order valence-corrected chi connectivity index (χ0v) is 17.8. The van der Waals surface area contributed by atoms with Crippen LogP contribution in [0.2, 0.25) is 0 Å². The average molecular weight is 429 g/mol. The minimum atomic E-state index is -4.42. The number of thioether (sulfide) groups is 1. The molecule has 2 aliphatic heterocycles. The summed E-state index contributed by atoms with van der Waals surface area (Å²) in [5, 5.41) is 0. The lowest BCUT2D eigenvalue weighted by molar-refractivity contribution is -0.137. The number of alkyl halides is 3. The molecule has 1 spiro atoms. The van der Waals surface area contributed by atoms with E-state index in [0.717, 1.165) is 17.9 Å². The second kappa shape index (κ2) is 7.85. The van der Waals surface area contributed by atoms with Gasteiger partial charge in [-0.3, -0.25) is 9.59 Å². The maximum atomic E-state index is 13.0. The van der Waals surface area contributed by atoms with Gasteiger partial charge in [0.25, 0.3) is 5.91 Å². The fourth-order valence-electron chi connectivity index (χ4n) is 3.94. The Balaban J connectivity index is 1.69. The first-order chi connectivity index (χ1) is 13.4. The van der Waals surface area contributed by atoms with Crippen LogP contribution in [-0.2, 0) is 11.0 Å². The van der Waals surface area contributed by atoms with Gasteiger partial charge in [0.15, 0.2) is 0 Å². The van der Waals surface area contributed by atoms with E-state index in [9.17, 15) is 22.8 Å². The van der Waals surface area contributed by atoms with E-state index in [0.29, 0.717) is 38.9 Å². The molecule has 0 aromatic heterocycles. The van der Waals surface area contributed by atoms with Crippen molar-refractivity contribution in [2.75, 3.05) is 25.4 Å². The second-order valence-electron chi connectivity index (χ2n) is 8.94. The SMILES string of the molecule is CC(C)(C)CC(=O)N1CCC2(CC1)SCCN2C(=O)c1ccc(C(F)(F)F)cc1. The number of rotatable bonds is 2. The molecule has 2 aliphatic rings. The van der Waals surface area contributed by atoms with Crippen molar-refractivity contribution in [1.82, 2.24) is 9.80 Å². The van der Waals surface area contributed by atoms with Gasteiger partial charge in [0.1, 0.15) is 0 Å². The number of amides is 2. The molecule has 2 fully saturated rings. The van der Waals surface area contributed by atoms with Crippen molar-refractivity contribution in [3.05, 3.63) is 35.4 Å². The minimum absolute atomic E-state index is 0.0705. The van der Waals surface area contributed by atoms with Gasteiger partial charge in [-0.25, -0.2) is 0 Å². The first kappa shape index (κ1) is 22.0. The van der Waals surface area contributed by atoms with Crippen LogP contribution < -0.4 is 0 Å². The second-order valence-corrected chi connectivity index (χ2v) is 10.4. The summed E-state index contributed by atoms with van der Waals surface area (Å²) in [6.45, 7) is 7.87. The zero-order chi connectivity index (χ0) is 21.4. The first-order valence-electron chi connectivity index (χ1n) is 9.82. The fourth-order valence-corrected chi connectivity index (χ4v) is 5.39. The lowest BCUT2D eigenvalue weighted by atomic mass is 9.91. The summed E-state index contributed by atoms with van der Waals surface area (Å²) in [5.74, 6) is 0.691. The van der Waals surface area contributed by atoms with E-state index in [1.165, 1.54) is 12.1 Å². The molecule has 0 bridgehead atoms. The Labute approximate surface area is 173 Å². The van der Waals surface area contributed by atoms with Gasteiger partial charge in [-0.15, -0.1) is 11.8 Å². The average Bonchev–Trinajstić information content (AvgIpc) is 3.02. The van der Waals surface area contributed by atoms with Crippen molar-refractivity contribution in [2.45, 2.75) is 51.1 Å². The van der Waals surface area contributed by atoms with E-state index in [1.807, 2.05) is 25.7 Å². The van der Waals surface area contributed by atoms with Gasteiger partial charge in [-0.05, 0) is 42.5 Å². The normalized spacial score (nSPS) is 19.7. The quantitative estimate of drug-likeness (QED) is 0.689. The van der Waals surface area contributed by atoms with Crippen LogP contribution in [0.1, 0.15) is 56.0 Å². The van der Waals surface area contributed by atoms with Gasteiger partial charge >= 0.3 is 6.18 Å². The van der Waals surface area contributed by atoms with Crippen LogP contribution in [0.4, 0.5) is 13.2 Å². The van der Waals surface area contributed by atoms with Crippen LogP contribution >= 0.6 is 11.8 Å². The molecule has 4 nitrogen and oxygen atoms in total. The Morgan fingerprint density at radius 2 is 1.62 bits per heavy atom. The van der Waals surface area contributed by atoms with Gasteiger partial charge < -0.3 is 9.80 Å². The smallest absolute Gasteiger partial charge is 0.342 e. The number of piperidine rings is 1. The van der Waals surface area contributed by atoms with Gasteiger partial charge in [0.05, 0.1) is 10.4 Å². The van der Waals surface area contributed by atoms with Crippen molar-refractivity contribution < 1.29 is 22.8 Å². The van der Waals surface area contributed by atoms with Crippen molar-refractivity contribution in [3.8, 4) is 0 Å². The van der Waals surface area contributed by atoms with Crippen molar-refractivity contribution >= 4 is 23.6 Å². The highest BCUT2D eigenvalue weighted by atomic mass is 32.2. The number of nitrogens with zero attached hydrogens (tertiary/aromatic N) is 2.